The lowest BCUT2D eigenvalue weighted by Crippen LogP contribution is -2.35. The van der Waals surface area contributed by atoms with Gasteiger partial charge in [0.25, 0.3) is 5.91 Å². The van der Waals surface area contributed by atoms with Crippen LogP contribution in [0.5, 0.6) is 0 Å². The van der Waals surface area contributed by atoms with Crippen LogP contribution in [0.25, 0.3) is 0 Å². The Morgan fingerprint density at radius 3 is 2.50 bits per heavy atom. The van der Waals surface area contributed by atoms with Gasteiger partial charge in [0.05, 0.1) is 0 Å². The summed E-state index contributed by atoms with van der Waals surface area (Å²) in [7, 11) is 0. The topological polar surface area (TPSA) is 84.2 Å². The van der Waals surface area contributed by atoms with Gasteiger partial charge >= 0.3 is 0 Å². The quantitative estimate of drug-likeness (QED) is 0.529. The Balaban J connectivity index is 1.77. The molecule has 1 aromatic rings. The van der Waals surface area contributed by atoms with Crippen LogP contribution in [0.2, 0.25) is 0 Å². The van der Waals surface area contributed by atoms with Crippen LogP contribution in [0.15, 0.2) is 24.3 Å². The van der Waals surface area contributed by atoms with E-state index >= 15 is 0 Å². The molecule has 0 saturated heterocycles. The zero-order valence-corrected chi connectivity index (χ0v) is 11.8. The molecule has 6 heteroatoms. The summed E-state index contributed by atoms with van der Waals surface area (Å²) >= 11 is 4.87. The number of nitrogens with one attached hydrogen (secondary N) is 2. The van der Waals surface area contributed by atoms with E-state index in [0.717, 1.165) is 12.8 Å². The highest BCUT2D eigenvalue weighted by Gasteiger charge is 2.28. The minimum absolute atomic E-state index is 0.0785. The number of carbonyl (C=O) groups excluding carboxylic acids is 2. The largest absolute Gasteiger partial charge is 0.389 e. The third-order valence-electron chi connectivity index (χ3n) is 3.07. The van der Waals surface area contributed by atoms with E-state index in [4.69, 9.17) is 18.0 Å². The maximum Gasteiger partial charge on any atom is 0.251 e. The SMILES string of the molecule is NC(=S)c1cccc(C(=O)NCCNC(=O)C2CC2)c1. The van der Waals surface area contributed by atoms with Gasteiger partial charge in [-0.3, -0.25) is 9.59 Å². The first-order valence-electron chi connectivity index (χ1n) is 6.53. The van der Waals surface area contributed by atoms with Gasteiger partial charge in [-0.15, -0.1) is 0 Å². The van der Waals surface area contributed by atoms with Crippen molar-refractivity contribution in [2.24, 2.45) is 11.7 Å². The minimum atomic E-state index is -0.205. The van der Waals surface area contributed by atoms with Gasteiger partial charge in [-0.05, 0) is 25.0 Å². The lowest BCUT2D eigenvalue weighted by Gasteiger charge is -2.07. The van der Waals surface area contributed by atoms with Crippen molar-refractivity contribution < 1.29 is 9.59 Å². The van der Waals surface area contributed by atoms with E-state index in [-0.39, 0.29) is 22.7 Å². The Morgan fingerprint density at radius 2 is 1.85 bits per heavy atom. The van der Waals surface area contributed by atoms with Gasteiger partial charge in [0, 0.05) is 30.1 Å². The number of thiocarbonyl (C=S) groups is 1. The normalized spacial score (nSPS) is 13.6. The molecule has 0 aliphatic heterocycles. The van der Waals surface area contributed by atoms with E-state index < -0.39 is 0 Å². The summed E-state index contributed by atoms with van der Waals surface area (Å²) < 4.78 is 0. The summed E-state index contributed by atoms with van der Waals surface area (Å²) in [4.78, 5) is 23.6. The van der Waals surface area contributed by atoms with Crippen molar-refractivity contribution in [2.45, 2.75) is 12.8 Å². The van der Waals surface area contributed by atoms with Crippen molar-refractivity contribution in [1.82, 2.24) is 10.6 Å². The van der Waals surface area contributed by atoms with E-state index in [1.165, 1.54) is 0 Å². The number of amides is 2. The molecule has 1 fully saturated rings. The lowest BCUT2D eigenvalue weighted by atomic mass is 10.1. The van der Waals surface area contributed by atoms with Gasteiger partial charge in [-0.1, -0.05) is 24.4 Å². The fraction of sp³-hybridized carbons (Fsp3) is 0.357. The van der Waals surface area contributed by atoms with Gasteiger partial charge in [-0.25, -0.2) is 0 Å². The van der Waals surface area contributed by atoms with Gasteiger partial charge in [0.1, 0.15) is 4.99 Å². The lowest BCUT2D eigenvalue weighted by molar-refractivity contribution is -0.122. The highest BCUT2D eigenvalue weighted by atomic mass is 32.1. The maximum atomic E-state index is 11.9. The van der Waals surface area contributed by atoms with Crippen LogP contribution < -0.4 is 16.4 Å². The van der Waals surface area contributed by atoms with Crippen molar-refractivity contribution in [1.29, 1.82) is 0 Å². The second-order valence-electron chi connectivity index (χ2n) is 4.77. The Labute approximate surface area is 122 Å². The molecular formula is C14H17N3O2S. The number of benzene rings is 1. The molecule has 20 heavy (non-hydrogen) atoms. The van der Waals surface area contributed by atoms with Gasteiger partial charge in [0.15, 0.2) is 0 Å². The Kier molecular flexibility index (Phi) is 4.68. The van der Waals surface area contributed by atoms with Gasteiger partial charge < -0.3 is 16.4 Å². The molecule has 0 atom stereocenters. The second kappa shape index (κ2) is 6.47. The first-order valence-corrected chi connectivity index (χ1v) is 6.94. The van der Waals surface area contributed by atoms with Crippen LogP contribution in [-0.2, 0) is 4.79 Å². The Hall–Kier alpha value is -1.95. The summed E-state index contributed by atoms with van der Waals surface area (Å²) in [5.74, 6) is 0.0615. The molecule has 0 unspecified atom stereocenters. The molecule has 0 bridgehead atoms. The zero-order valence-electron chi connectivity index (χ0n) is 11.0. The highest BCUT2D eigenvalue weighted by molar-refractivity contribution is 7.80. The van der Waals surface area contributed by atoms with E-state index in [1.54, 1.807) is 24.3 Å². The molecule has 2 amide bonds. The molecule has 5 nitrogen and oxygen atoms in total. The molecule has 0 aromatic heterocycles. The van der Waals surface area contributed by atoms with Crippen molar-refractivity contribution >= 4 is 29.0 Å². The number of carbonyl (C=O) groups is 2. The number of nitrogens with two attached hydrogens (primary N) is 1. The Bertz CT molecular complexity index is 541. The molecule has 1 aromatic carbocycles. The van der Waals surface area contributed by atoms with E-state index in [9.17, 15) is 9.59 Å². The smallest absolute Gasteiger partial charge is 0.251 e. The van der Waals surface area contributed by atoms with E-state index in [0.29, 0.717) is 24.2 Å². The predicted molar refractivity (Wildman–Crippen MR) is 80.4 cm³/mol. The van der Waals surface area contributed by atoms with Crippen molar-refractivity contribution in [3.8, 4) is 0 Å². The average Bonchev–Trinajstić information content (AvgIpc) is 3.27. The zero-order chi connectivity index (χ0) is 14.5. The number of rotatable bonds is 6. The van der Waals surface area contributed by atoms with Crippen LogP contribution in [0.3, 0.4) is 0 Å². The van der Waals surface area contributed by atoms with Crippen molar-refractivity contribution in [2.75, 3.05) is 13.1 Å². The fourth-order valence-corrected chi connectivity index (χ4v) is 1.89. The average molecular weight is 291 g/mol. The molecule has 1 aliphatic carbocycles. The van der Waals surface area contributed by atoms with Crippen molar-refractivity contribution in [3.05, 3.63) is 35.4 Å². The highest BCUT2D eigenvalue weighted by Crippen LogP contribution is 2.28. The summed E-state index contributed by atoms with van der Waals surface area (Å²) in [6.07, 6.45) is 1.95. The standard InChI is InChI=1S/C14H17N3O2S/c15-12(20)10-2-1-3-11(8-10)14(19)17-7-6-16-13(18)9-4-5-9/h1-3,8-9H,4-7H2,(H2,15,20)(H,16,18)(H,17,19). The van der Waals surface area contributed by atoms with E-state index in [2.05, 4.69) is 10.6 Å². The first kappa shape index (κ1) is 14.5. The summed E-state index contributed by atoms with van der Waals surface area (Å²) in [5, 5.41) is 5.53. The molecule has 1 saturated carbocycles. The minimum Gasteiger partial charge on any atom is -0.389 e. The molecule has 4 N–H and O–H groups in total. The first-order chi connectivity index (χ1) is 9.58. The van der Waals surface area contributed by atoms with Crippen LogP contribution in [0.1, 0.15) is 28.8 Å². The summed E-state index contributed by atoms with van der Waals surface area (Å²) in [6, 6.07) is 6.84. The maximum absolute atomic E-state index is 11.9. The van der Waals surface area contributed by atoms with Gasteiger partial charge in [0.2, 0.25) is 5.91 Å². The molecule has 2 rings (SSSR count). The van der Waals surface area contributed by atoms with Gasteiger partial charge in [-0.2, -0.15) is 0 Å². The molecular weight excluding hydrogens is 274 g/mol. The second-order valence-corrected chi connectivity index (χ2v) is 5.21. The third kappa shape index (κ3) is 4.03. The van der Waals surface area contributed by atoms with Crippen LogP contribution in [0.4, 0.5) is 0 Å². The van der Waals surface area contributed by atoms with Crippen LogP contribution >= 0.6 is 12.2 Å². The monoisotopic (exact) mass is 291 g/mol. The van der Waals surface area contributed by atoms with Crippen LogP contribution in [-0.4, -0.2) is 29.9 Å². The predicted octanol–water partition coefficient (Wildman–Crippen LogP) is 0.577. The number of hydrogen-bond acceptors (Lipinski definition) is 3. The third-order valence-corrected chi connectivity index (χ3v) is 3.30. The summed E-state index contributed by atoms with van der Waals surface area (Å²) in [5.41, 5.74) is 6.69. The molecule has 106 valence electrons. The number of hydrogen-bond donors (Lipinski definition) is 3. The molecule has 0 heterocycles. The summed E-state index contributed by atoms with van der Waals surface area (Å²) in [6.45, 7) is 0.838. The van der Waals surface area contributed by atoms with Crippen molar-refractivity contribution in [3.63, 3.8) is 0 Å². The fourth-order valence-electron chi connectivity index (χ4n) is 1.77. The molecule has 1 aliphatic rings. The Morgan fingerprint density at radius 1 is 1.20 bits per heavy atom. The molecule has 0 spiro atoms. The van der Waals surface area contributed by atoms with E-state index in [1.807, 2.05) is 0 Å². The molecule has 0 radical (unpaired) electrons. The van der Waals surface area contributed by atoms with Crippen LogP contribution in [0, 0.1) is 5.92 Å².